The minimum Gasteiger partial charge on any atom is -0.508 e. The molecule has 0 radical (unpaired) electrons. The molecule has 1 aliphatic carbocycles. The molecule has 3 N–H and O–H groups in total. The third-order valence-corrected chi connectivity index (χ3v) is 8.76. The van der Waals surface area contributed by atoms with Gasteiger partial charge in [-0.15, -0.1) is 0 Å². The maximum atomic E-state index is 14.3. The third-order valence-electron chi connectivity index (χ3n) is 7.63. The van der Waals surface area contributed by atoms with Crippen LogP contribution in [0.15, 0.2) is 66.7 Å². The number of rotatable bonds is 9. The summed E-state index contributed by atoms with van der Waals surface area (Å²) in [5, 5.41) is 10.6. The van der Waals surface area contributed by atoms with Gasteiger partial charge >= 0.3 is 0 Å². The number of benzene rings is 3. The van der Waals surface area contributed by atoms with Crippen molar-refractivity contribution in [1.29, 1.82) is 0 Å². The summed E-state index contributed by atoms with van der Waals surface area (Å²) in [7, 11) is 1.59. The van der Waals surface area contributed by atoms with E-state index in [-0.39, 0.29) is 30.3 Å². The predicted octanol–water partition coefficient (Wildman–Crippen LogP) is 6.34. The molecule has 1 aliphatic heterocycles. The van der Waals surface area contributed by atoms with E-state index in [1.807, 2.05) is 11.0 Å². The van der Waals surface area contributed by atoms with Crippen LogP contribution in [0, 0.1) is 0 Å². The number of nitrogens with zero attached hydrogens (tertiary/aromatic N) is 1. The van der Waals surface area contributed by atoms with Crippen LogP contribution in [0.3, 0.4) is 0 Å². The molecule has 0 aromatic heterocycles. The summed E-state index contributed by atoms with van der Waals surface area (Å²) in [5.74, 6) is -1.31. The van der Waals surface area contributed by atoms with Gasteiger partial charge in [0.1, 0.15) is 5.75 Å². The Bertz CT molecular complexity index is 1410. The zero-order chi connectivity index (χ0) is 28.9. The van der Waals surface area contributed by atoms with E-state index in [9.17, 15) is 14.7 Å². The van der Waals surface area contributed by atoms with E-state index in [0.29, 0.717) is 32.3 Å². The topological polar surface area (TPSA) is 100 Å². The molecule has 1 heterocycles. The van der Waals surface area contributed by atoms with Crippen molar-refractivity contribution < 1.29 is 23.7 Å². The van der Waals surface area contributed by atoms with Crippen LogP contribution in [0.1, 0.15) is 64.7 Å². The van der Waals surface area contributed by atoms with E-state index in [0.717, 1.165) is 37.9 Å². The summed E-state index contributed by atoms with van der Waals surface area (Å²) in [5.41, 5.74) is 4.98. The summed E-state index contributed by atoms with van der Waals surface area (Å²) >= 11 is 14.2. The zero-order valence-electron chi connectivity index (χ0n) is 22.4. The second kappa shape index (κ2) is 13.5. The van der Waals surface area contributed by atoms with E-state index < -0.39 is 17.9 Å². The highest BCUT2D eigenvalue weighted by Gasteiger charge is 2.49. The normalized spacial score (nSPS) is 22.3. The molecule has 11 heteroatoms. The lowest BCUT2D eigenvalue weighted by atomic mass is 9.76. The van der Waals surface area contributed by atoms with Crippen LogP contribution in [-0.4, -0.2) is 41.0 Å². The molecule has 0 saturated heterocycles. The number of fused-ring (bicyclic) bond motifs is 1. The molecule has 0 bridgehead atoms. The number of aromatic hydroxyl groups is 1. The van der Waals surface area contributed by atoms with Crippen LogP contribution in [-0.2, 0) is 20.4 Å². The highest BCUT2D eigenvalue weighted by Crippen LogP contribution is 2.48. The first-order valence-electron chi connectivity index (χ1n) is 13.4. The number of nitrogens with one attached hydrogen (secondary N) is 2. The number of amides is 2. The van der Waals surface area contributed by atoms with Crippen molar-refractivity contribution >= 4 is 47.2 Å². The maximum absolute atomic E-state index is 14.3. The van der Waals surface area contributed by atoms with Crippen LogP contribution in [0.5, 0.6) is 5.75 Å². The number of phenols is 1. The average molecular weight is 617 g/mol. The molecule has 41 heavy (non-hydrogen) atoms. The van der Waals surface area contributed by atoms with Gasteiger partial charge in [-0.25, -0.2) is 10.2 Å². The quantitative estimate of drug-likeness (QED) is 0.147. The van der Waals surface area contributed by atoms with Crippen molar-refractivity contribution in [1.82, 2.24) is 15.1 Å². The Morgan fingerprint density at radius 2 is 1.85 bits per heavy atom. The van der Waals surface area contributed by atoms with Crippen LogP contribution in [0.2, 0.25) is 10.0 Å². The monoisotopic (exact) mass is 615 g/mol. The first-order valence-corrected chi connectivity index (χ1v) is 14.9. The van der Waals surface area contributed by atoms with Crippen LogP contribution in [0.4, 0.5) is 0 Å². The van der Waals surface area contributed by atoms with Crippen molar-refractivity contribution in [3.8, 4) is 5.75 Å². The van der Waals surface area contributed by atoms with Gasteiger partial charge in [0.05, 0.1) is 37.9 Å². The minimum atomic E-state index is -0.829. The SMILES string of the molecule is COSN[C@H]1CCCCC1N1C(=O)c2ccccc2[C@@H](C(=O)NOCc2cccc(O)c2)[C@@H]1c1ccc(Cl)cc1Cl. The summed E-state index contributed by atoms with van der Waals surface area (Å²) in [6.45, 7) is 0.0480. The zero-order valence-corrected chi connectivity index (χ0v) is 24.7. The van der Waals surface area contributed by atoms with Crippen molar-refractivity contribution in [3.05, 3.63) is 99.0 Å². The predicted molar refractivity (Wildman–Crippen MR) is 159 cm³/mol. The van der Waals surface area contributed by atoms with E-state index >= 15 is 0 Å². The molecule has 2 aliphatic rings. The number of hydrogen-bond acceptors (Lipinski definition) is 7. The second-order valence-electron chi connectivity index (χ2n) is 10.1. The minimum absolute atomic E-state index is 0.0480. The van der Waals surface area contributed by atoms with Gasteiger partial charge in [0.15, 0.2) is 0 Å². The van der Waals surface area contributed by atoms with E-state index in [2.05, 4.69) is 10.2 Å². The lowest BCUT2D eigenvalue weighted by molar-refractivity contribution is -0.138. The Morgan fingerprint density at radius 1 is 1.05 bits per heavy atom. The van der Waals surface area contributed by atoms with Crippen LogP contribution >= 0.6 is 35.4 Å². The molecule has 3 aromatic rings. The lowest BCUT2D eigenvalue weighted by Crippen LogP contribution is -2.57. The van der Waals surface area contributed by atoms with Gasteiger partial charge in [0.2, 0.25) is 0 Å². The highest BCUT2D eigenvalue weighted by molar-refractivity contribution is 7.92. The van der Waals surface area contributed by atoms with E-state index in [1.165, 1.54) is 0 Å². The molecule has 0 spiro atoms. The van der Waals surface area contributed by atoms with Gasteiger partial charge in [-0.3, -0.25) is 14.4 Å². The molecule has 4 atom stereocenters. The van der Waals surface area contributed by atoms with Crippen molar-refractivity contribution in [2.24, 2.45) is 0 Å². The molecular weight excluding hydrogens is 585 g/mol. The van der Waals surface area contributed by atoms with Gasteiger partial charge in [0, 0.05) is 27.7 Å². The molecule has 1 saturated carbocycles. The fourth-order valence-electron chi connectivity index (χ4n) is 5.86. The fourth-order valence-corrected chi connectivity index (χ4v) is 6.88. The van der Waals surface area contributed by atoms with Gasteiger partial charge in [-0.1, -0.05) is 72.4 Å². The largest absolute Gasteiger partial charge is 0.508 e. The van der Waals surface area contributed by atoms with E-state index in [4.69, 9.17) is 32.2 Å². The Balaban J connectivity index is 1.56. The standard InChI is InChI=1S/C30H31Cl2N3O5S/c1-39-41-34-25-11-4-5-12-26(25)35-28(23-14-13-19(31)16-24(23)32)27(21-9-2-3-10-22(21)30(35)38)29(37)33-40-17-18-7-6-8-20(36)15-18/h2-3,6-10,13-16,25-28,34,36H,4-5,11-12,17H2,1H3,(H,33,37)/t25-,26?,27+,28-/m0/s1. The van der Waals surface area contributed by atoms with Gasteiger partial charge in [-0.05, 0) is 59.9 Å². The van der Waals surface area contributed by atoms with E-state index in [1.54, 1.807) is 67.8 Å². The van der Waals surface area contributed by atoms with Crippen LogP contribution in [0.25, 0.3) is 0 Å². The lowest BCUT2D eigenvalue weighted by Gasteiger charge is -2.49. The van der Waals surface area contributed by atoms with Crippen molar-refractivity contribution in [2.45, 2.75) is 56.3 Å². The molecular formula is C30H31Cl2N3O5S. The number of halogens is 2. The van der Waals surface area contributed by atoms with Gasteiger partial charge in [0.25, 0.3) is 11.8 Å². The number of carbonyl (C=O) groups excluding carboxylic acids is 2. The average Bonchev–Trinajstić information content (AvgIpc) is 2.96. The summed E-state index contributed by atoms with van der Waals surface area (Å²) in [6.07, 6.45) is 3.55. The van der Waals surface area contributed by atoms with Crippen molar-refractivity contribution in [2.75, 3.05) is 7.11 Å². The van der Waals surface area contributed by atoms with Crippen molar-refractivity contribution in [3.63, 3.8) is 0 Å². The number of carbonyl (C=O) groups is 2. The third kappa shape index (κ3) is 6.51. The number of phenolic OH excluding ortho intramolecular Hbond substituents is 1. The molecule has 3 aromatic carbocycles. The molecule has 2 amide bonds. The summed E-state index contributed by atoms with van der Waals surface area (Å²) in [6, 6.07) is 17.9. The maximum Gasteiger partial charge on any atom is 0.255 e. The Hall–Kier alpha value is -2.79. The first kappa shape index (κ1) is 29.7. The van der Waals surface area contributed by atoms with Gasteiger partial charge < -0.3 is 14.2 Å². The number of hydrogen-bond donors (Lipinski definition) is 3. The molecule has 1 fully saturated rings. The summed E-state index contributed by atoms with van der Waals surface area (Å²) in [4.78, 5) is 35.8. The summed E-state index contributed by atoms with van der Waals surface area (Å²) < 4.78 is 8.59. The molecule has 216 valence electrons. The second-order valence-corrected chi connectivity index (χ2v) is 11.7. The van der Waals surface area contributed by atoms with Crippen LogP contribution < -0.4 is 10.2 Å². The molecule has 5 rings (SSSR count). The number of hydroxylamine groups is 1. The molecule has 8 nitrogen and oxygen atoms in total. The van der Waals surface area contributed by atoms with Gasteiger partial charge in [-0.2, -0.15) is 0 Å². The smallest absolute Gasteiger partial charge is 0.255 e. The Kier molecular flexibility index (Phi) is 9.75. The highest BCUT2D eigenvalue weighted by atomic mass is 35.5. The Morgan fingerprint density at radius 3 is 2.63 bits per heavy atom. The Labute approximate surface area is 253 Å². The fraction of sp³-hybridized carbons (Fsp3) is 0.333. The molecule has 1 unspecified atom stereocenters. The first-order chi connectivity index (χ1) is 19.9.